The number of ether oxygens (including phenoxy) is 1. The van der Waals surface area contributed by atoms with Crippen LogP contribution in [0.2, 0.25) is 0 Å². The summed E-state index contributed by atoms with van der Waals surface area (Å²) in [5, 5.41) is 2.89. The number of nitrogens with zero attached hydrogens (tertiary/aromatic N) is 1. The topological polar surface area (TPSA) is 84.7 Å². The van der Waals surface area contributed by atoms with Gasteiger partial charge in [-0.25, -0.2) is 0 Å². The van der Waals surface area contributed by atoms with Crippen molar-refractivity contribution in [3.8, 4) is 5.75 Å². The Balaban J connectivity index is 1.98. The standard InChI is InChI=1S/C15H21N3O3/c1-10(19)17-12-5-7-18(8-6-12)15(20)11-3-4-14(21-2)13(16)9-11/h3-4,9,12H,5-8,16H2,1-2H3,(H,17,19). The lowest BCUT2D eigenvalue weighted by Gasteiger charge is -2.32. The number of hydrogen-bond donors (Lipinski definition) is 2. The maximum Gasteiger partial charge on any atom is 0.253 e. The van der Waals surface area contributed by atoms with E-state index >= 15 is 0 Å². The van der Waals surface area contributed by atoms with E-state index in [1.165, 1.54) is 6.92 Å². The molecule has 2 rings (SSSR count). The Labute approximate surface area is 124 Å². The Morgan fingerprint density at radius 1 is 1.33 bits per heavy atom. The van der Waals surface area contributed by atoms with Gasteiger partial charge in [0.1, 0.15) is 5.75 Å². The molecular formula is C15H21N3O3. The van der Waals surface area contributed by atoms with E-state index in [9.17, 15) is 9.59 Å². The van der Waals surface area contributed by atoms with E-state index in [1.54, 1.807) is 30.2 Å². The number of methoxy groups -OCH3 is 1. The van der Waals surface area contributed by atoms with Crippen LogP contribution in [0.3, 0.4) is 0 Å². The van der Waals surface area contributed by atoms with Crippen LogP contribution in [0.4, 0.5) is 5.69 Å². The van der Waals surface area contributed by atoms with Crippen LogP contribution in [-0.2, 0) is 4.79 Å². The molecule has 0 atom stereocenters. The van der Waals surface area contributed by atoms with Gasteiger partial charge < -0.3 is 20.7 Å². The number of carbonyl (C=O) groups is 2. The fourth-order valence-corrected chi connectivity index (χ4v) is 2.56. The van der Waals surface area contributed by atoms with Crippen molar-refractivity contribution < 1.29 is 14.3 Å². The van der Waals surface area contributed by atoms with Gasteiger partial charge in [0.05, 0.1) is 12.8 Å². The van der Waals surface area contributed by atoms with Crippen LogP contribution in [0.15, 0.2) is 18.2 Å². The van der Waals surface area contributed by atoms with Crippen LogP contribution in [0, 0.1) is 0 Å². The first-order chi connectivity index (χ1) is 10.0. The lowest BCUT2D eigenvalue weighted by molar-refractivity contribution is -0.119. The maximum absolute atomic E-state index is 12.4. The van der Waals surface area contributed by atoms with Gasteiger partial charge in [-0.2, -0.15) is 0 Å². The Hall–Kier alpha value is -2.24. The first-order valence-corrected chi connectivity index (χ1v) is 7.01. The van der Waals surface area contributed by atoms with Gasteiger partial charge in [0, 0.05) is 31.6 Å². The molecule has 6 nitrogen and oxygen atoms in total. The molecule has 1 saturated heterocycles. The molecule has 114 valence electrons. The Kier molecular flexibility index (Phi) is 4.67. The third-order valence-electron chi connectivity index (χ3n) is 3.67. The molecule has 0 bridgehead atoms. The average Bonchev–Trinajstić information content (AvgIpc) is 2.46. The molecule has 1 aromatic carbocycles. The van der Waals surface area contributed by atoms with Crippen molar-refractivity contribution in [3.05, 3.63) is 23.8 Å². The van der Waals surface area contributed by atoms with Crippen molar-refractivity contribution in [2.24, 2.45) is 0 Å². The van der Waals surface area contributed by atoms with E-state index in [1.807, 2.05) is 0 Å². The molecule has 21 heavy (non-hydrogen) atoms. The number of anilines is 1. The van der Waals surface area contributed by atoms with E-state index in [2.05, 4.69) is 5.32 Å². The SMILES string of the molecule is COc1ccc(C(=O)N2CCC(NC(C)=O)CC2)cc1N. The molecule has 6 heteroatoms. The predicted octanol–water partition coefficient (Wildman–Crippen LogP) is 1.02. The van der Waals surface area contributed by atoms with Crippen LogP contribution < -0.4 is 15.8 Å². The zero-order valence-electron chi connectivity index (χ0n) is 12.4. The summed E-state index contributed by atoms with van der Waals surface area (Å²) in [5.41, 5.74) is 6.85. The molecular weight excluding hydrogens is 270 g/mol. The summed E-state index contributed by atoms with van der Waals surface area (Å²) in [6.07, 6.45) is 1.55. The number of nitrogens with two attached hydrogens (primary N) is 1. The quantitative estimate of drug-likeness (QED) is 0.814. The molecule has 0 radical (unpaired) electrons. The summed E-state index contributed by atoms with van der Waals surface area (Å²) >= 11 is 0. The van der Waals surface area contributed by atoms with Crippen molar-refractivity contribution in [3.63, 3.8) is 0 Å². The zero-order chi connectivity index (χ0) is 15.4. The Bertz CT molecular complexity index is 537. The molecule has 2 amide bonds. The highest BCUT2D eigenvalue weighted by molar-refractivity contribution is 5.95. The maximum atomic E-state index is 12.4. The molecule has 1 fully saturated rings. The number of benzene rings is 1. The van der Waals surface area contributed by atoms with Gasteiger partial charge >= 0.3 is 0 Å². The molecule has 0 spiro atoms. The summed E-state index contributed by atoms with van der Waals surface area (Å²) < 4.78 is 5.09. The van der Waals surface area contributed by atoms with E-state index in [-0.39, 0.29) is 17.9 Å². The number of rotatable bonds is 3. The number of nitrogen functional groups attached to an aromatic ring is 1. The molecule has 1 aromatic rings. The molecule has 1 heterocycles. The minimum absolute atomic E-state index is 0.0253. The Morgan fingerprint density at radius 3 is 2.52 bits per heavy atom. The van der Waals surface area contributed by atoms with Crippen LogP contribution in [0.5, 0.6) is 5.75 Å². The lowest BCUT2D eigenvalue weighted by Crippen LogP contribution is -2.46. The number of nitrogens with one attached hydrogen (secondary N) is 1. The molecule has 0 aromatic heterocycles. The molecule has 0 saturated carbocycles. The third kappa shape index (κ3) is 3.65. The van der Waals surface area contributed by atoms with Crippen molar-refractivity contribution in [2.75, 3.05) is 25.9 Å². The van der Waals surface area contributed by atoms with Crippen LogP contribution in [-0.4, -0.2) is 43.0 Å². The van der Waals surface area contributed by atoms with E-state index in [0.29, 0.717) is 30.1 Å². The van der Waals surface area contributed by atoms with Gasteiger partial charge in [-0.15, -0.1) is 0 Å². The first kappa shape index (κ1) is 15.2. The van der Waals surface area contributed by atoms with Crippen molar-refractivity contribution >= 4 is 17.5 Å². The number of hydrogen-bond acceptors (Lipinski definition) is 4. The Morgan fingerprint density at radius 2 is 2.00 bits per heavy atom. The zero-order valence-corrected chi connectivity index (χ0v) is 12.4. The average molecular weight is 291 g/mol. The summed E-state index contributed by atoms with van der Waals surface area (Å²) in [6, 6.07) is 5.22. The van der Waals surface area contributed by atoms with E-state index in [4.69, 9.17) is 10.5 Å². The van der Waals surface area contributed by atoms with Crippen LogP contribution >= 0.6 is 0 Å². The second kappa shape index (κ2) is 6.47. The largest absolute Gasteiger partial charge is 0.495 e. The molecule has 0 unspecified atom stereocenters. The smallest absolute Gasteiger partial charge is 0.253 e. The highest BCUT2D eigenvalue weighted by atomic mass is 16.5. The molecule has 0 aliphatic carbocycles. The highest BCUT2D eigenvalue weighted by Gasteiger charge is 2.24. The minimum Gasteiger partial charge on any atom is -0.495 e. The van der Waals surface area contributed by atoms with Gasteiger partial charge in [0.25, 0.3) is 5.91 Å². The van der Waals surface area contributed by atoms with Gasteiger partial charge in [0.2, 0.25) is 5.91 Å². The van der Waals surface area contributed by atoms with Crippen molar-refractivity contribution in [1.82, 2.24) is 10.2 Å². The fourth-order valence-electron chi connectivity index (χ4n) is 2.56. The van der Waals surface area contributed by atoms with Gasteiger partial charge in [-0.05, 0) is 31.0 Å². The second-order valence-corrected chi connectivity index (χ2v) is 5.22. The number of amides is 2. The number of likely N-dealkylation sites (tertiary alicyclic amines) is 1. The van der Waals surface area contributed by atoms with Gasteiger partial charge in [0.15, 0.2) is 0 Å². The van der Waals surface area contributed by atoms with Crippen molar-refractivity contribution in [1.29, 1.82) is 0 Å². The summed E-state index contributed by atoms with van der Waals surface area (Å²) in [7, 11) is 1.54. The molecule has 1 aliphatic rings. The summed E-state index contributed by atoms with van der Waals surface area (Å²) in [6.45, 7) is 2.78. The van der Waals surface area contributed by atoms with Crippen LogP contribution in [0.1, 0.15) is 30.1 Å². The highest BCUT2D eigenvalue weighted by Crippen LogP contribution is 2.23. The van der Waals surface area contributed by atoms with Gasteiger partial charge in [-0.1, -0.05) is 0 Å². The monoisotopic (exact) mass is 291 g/mol. The van der Waals surface area contributed by atoms with Gasteiger partial charge in [-0.3, -0.25) is 9.59 Å². The fraction of sp³-hybridized carbons (Fsp3) is 0.467. The number of carbonyl (C=O) groups excluding carboxylic acids is 2. The second-order valence-electron chi connectivity index (χ2n) is 5.22. The van der Waals surface area contributed by atoms with E-state index < -0.39 is 0 Å². The molecule has 3 N–H and O–H groups in total. The predicted molar refractivity (Wildman–Crippen MR) is 80.1 cm³/mol. The van der Waals surface area contributed by atoms with Crippen molar-refractivity contribution in [2.45, 2.75) is 25.8 Å². The first-order valence-electron chi connectivity index (χ1n) is 7.01. The lowest BCUT2D eigenvalue weighted by atomic mass is 10.0. The number of piperidine rings is 1. The van der Waals surface area contributed by atoms with Crippen LogP contribution in [0.25, 0.3) is 0 Å². The third-order valence-corrected chi connectivity index (χ3v) is 3.67. The normalized spacial score (nSPS) is 15.6. The van der Waals surface area contributed by atoms with E-state index in [0.717, 1.165) is 12.8 Å². The molecule has 1 aliphatic heterocycles. The minimum atomic E-state index is -0.0365. The summed E-state index contributed by atoms with van der Waals surface area (Å²) in [4.78, 5) is 25.2. The summed E-state index contributed by atoms with van der Waals surface area (Å²) in [5.74, 6) is 0.504.